The quantitative estimate of drug-likeness (QED) is 0.888. The van der Waals surface area contributed by atoms with E-state index in [9.17, 15) is 4.39 Å². The topological polar surface area (TPSA) is 12.0 Å². The second kappa shape index (κ2) is 7.37. The minimum atomic E-state index is -0.202. The molecule has 0 aliphatic carbocycles. The fourth-order valence-electron chi connectivity index (χ4n) is 1.56. The third-order valence-corrected chi connectivity index (χ3v) is 2.74. The van der Waals surface area contributed by atoms with Crippen molar-refractivity contribution in [3.05, 3.63) is 70.5 Å². The Balaban J connectivity index is 0.00000162. The van der Waals surface area contributed by atoms with Crippen LogP contribution in [0.4, 0.5) is 4.39 Å². The largest absolute Gasteiger partial charge is 0.309 e. The molecule has 0 spiro atoms. The molecule has 18 heavy (non-hydrogen) atoms. The molecule has 4 heteroatoms. The zero-order valence-corrected chi connectivity index (χ0v) is 11.3. The highest BCUT2D eigenvalue weighted by molar-refractivity contribution is 6.30. The molecule has 0 amide bonds. The summed E-state index contributed by atoms with van der Waals surface area (Å²) in [7, 11) is 0. The van der Waals surface area contributed by atoms with Crippen LogP contribution in [0.25, 0.3) is 0 Å². The summed E-state index contributed by atoms with van der Waals surface area (Å²) in [5, 5.41) is 4.03. The first kappa shape index (κ1) is 15.0. The minimum Gasteiger partial charge on any atom is -0.309 e. The fraction of sp³-hybridized carbons (Fsp3) is 0.143. The zero-order chi connectivity index (χ0) is 12.1. The Morgan fingerprint density at radius 2 is 1.28 bits per heavy atom. The summed E-state index contributed by atoms with van der Waals surface area (Å²) in [4.78, 5) is 0. The van der Waals surface area contributed by atoms with E-state index < -0.39 is 0 Å². The molecule has 0 radical (unpaired) electrons. The lowest BCUT2D eigenvalue weighted by molar-refractivity contribution is 0.625. The Morgan fingerprint density at radius 1 is 0.833 bits per heavy atom. The fourth-order valence-corrected chi connectivity index (χ4v) is 1.68. The van der Waals surface area contributed by atoms with Crippen LogP contribution < -0.4 is 5.32 Å². The summed E-state index contributed by atoms with van der Waals surface area (Å²) in [6.07, 6.45) is 0. The third kappa shape index (κ3) is 4.65. The van der Waals surface area contributed by atoms with Gasteiger partial charge in [-0.15, -0.1) is 12.4 Å². The summed E-state index contributed by atoms with van der Waals surface area (Å²) in [5.74, 6) is -0.202. The number of hydrogen-bond donors (Lipinski definition) is 1. The molecule has 96 valence electrons. The zero-order valence-electron chi connectivity index (χ0n) is 9.70. The lowest BCUT2D eigenvalue weighted by Gasteiger charge is -2.05. The van der Waals surface area contributed by atoms with Gasteiger partial charge in [-0.3, -0.25) is 0 Å². The second-order valence-corrected chi connectivity index (χ2v) is 4.29. The van der Waals surface area contributed by atoms with Gasteiger partial charge in [0, 0.05) is 18.1 Å². The minimum absolute atomic E-state index is 0. The van der Waals surface area contributed by atoms with E-state index in [1.54, 1.807) is 12.1 Å². The van der Waals surface area contributed by atoms with E-state index in [4.69, 9.17) is 11.6 Å². The molecular formula is C14H14Cl2FN. The Labute approximate surface area is 117 Å². The first-order chi connectivity index (χ1) is 8.24. The lowest BCUT2D eigenvalue weighted by atomic mass is 10.2. The molecule has 0 atom stereocenters. The van der Waals surface area contributed by atoms with Crippen LogP contribution in [0.3, 0.4) is 0 Å². The molecule has 0 heterocycles. The Kier molecular flexibility index (Phi) is 6.13. The van der Waals surface area contributed by atoms with Gasteiger partial charge in [-0.2, -0.15) is 0 Å². The molecule has 0 saturated carbocycles. The van der Waals surface area contributed by atoms with Crippen LogP contribution in [0.2, 0.25) is 5.02 Å². The van der Waals surface area contributed by atoms with Crippen LogP contribution in [-0.4, -0.2) is 0 Å². The monoisotopic (exact) mass is 285 g/mol. The molecule has 0 aliphatic heterocycles. The maximum absolute atomic E-state index is 12.7. The molecule has 0 saturated heterocycles. The van der Waals surface area contributed by atoms with Crippen molar-refractivity contribution >= 4 is 24.0 Å². The highest BCUT2D eigenvalue weighted by atomic mass is 35.5. The molecule has 2 rings (SSSR count). The highest BCUT2D eigenvalue weighted by Crippen LogP contribution is 2.09. The van der Waals surface area contributed by atoms with E-state index in [1.807, 2.05) is 24.3 Å². The average molecular weight is 286 g/mol. The van der Waals surface area contributed by atoms with Crippen LogP contribution in [0, 0.1) is 5.82 Å². The number of benzene rings is 2. The normalized spacial score (nSPS) is 9.89. The summed E-state index contributed by atoms with van der Waals surface area (Å²) < 4.78 is 12.7. The molecule has 1 N–H and O–H groups in total. The van der Waals surface area contributed by atoms with E-state index in [2.05, 4.69) is 5.32 Å². The number of halogens is 3. The van der Waals surface area contributed by atoms with Gasteiger partial charge in [0.1, 0.15) is 5.82 Å². The van der Waals surface area contributed by atoms with Crippen molar-refractivity contribution in [1.82, 2.24) is 5.32 Å². The van der Waals surface area contributed by atoms with Crippen molar-refractivity contribution < 1.29 is 4.39 Å². The van der Waals surface area contributed by atoms with Gasteiger partial charge in [0.2, 0.25) is 0 Å². The van der Waals surface area contributed by atoms with Gasteiger partial charge in [-0.25, -0.2) is 4.39 Å². The number of rotatable bonds is 4. The Bertz CT molecular complexity index is 423. The molecule has 0 bridgehead atoms. The van der Waals surface area contributed by atoms with Crippen LogP contribution in [0.1, 0.15) is 11.1 Å². The molecule has 1 nitrogen and oxygen atoms in total. The lowest BCUT2D eigenvalue weighted by Crippen LogP contribution is -2.12. The van der Waals surface area contributed by atoms with Gasteiger partial charge in [0.15, 0.2) is 0 Å². The molecule has 0 aliphatic rings. The van der Waals surface area contributed by atoms with Crippen molar-refractivity contribution in [3.63, 3.8) is 0 Å². The van der Waals surface area contributed by atoms with E-state index >= 15 is 0 Å². The van der Waals surface area contributed by atoms with E-state index in [-0.39, 0.29) is 18.2 Å². The van der Waals surface area contributed by atoms with Crippen LogP contribution in [0.15, 0.2) is 48.5 Å². The van der Waals surface area contributed by atoms with Crippen LogP contribution in [0.5, 0.6) is 0 Å². The molecular weight excluding hydrogens is 272 g/mol. The van der Waals surface area contributed by atoms with Gasteiger partial charge >= 0.3 is 0 Å². The predicted octanol–water partition coefficient (Wildman–Crippen LogP) is 4.19. The average Bonchev–Trinajstić information content (AvgIpc) is 2.34. The molecule has 2 aromatic carbocycles. The second-order valence-electron chi connectivity index (χ2n) is 3.86. The Morgan fingerprint density at radius 3 is 1.78 bits per heavy atom. The van der Waals surface area contributed by atoms with Crippen molar-refractivity contribution in [2.45, 2.75) is 13.1 Å². The Hall–Kier alpha value is -1.09. The van der Waals surface area contributed by atoms with Gasteiger partial charge in [-0.05, 0) is 35.4 Å². The maximum Gasteiger partial charge on any atom is 0.123 e. The molecule has 0 unspecified atom stereocenters. The van der Waals surface area contributed by atoms with Gasteiger partial charge in [0.25, 0.3) is 0 Å². The van der Waals surface area contributed by atoms with Gasteiger partial charge in [0.05, 0.1) is 0 Å². The number of nitrogens with one attached hydrogen (secondary N) is 1. The van der Waals surface area contributed by atoms with Crippen LogP contribution in [-0.2, 0) is 13.1 Å². The van der Waals surface area contributed by atoms with Crippen molar-refractivity contribution in [2.75, 3.05) is 0 Å². The van der Waals surface area contributed by atoms with E-state index in [0.717, 1.165) is 23.7 Å². The SMILES string of the molecule is Cl.Fc1ccc(CNCc2ccc(Cl)cc2)cc1. The molecule has 0 fully saturated rings. The predicted molar refractivity (Wildman–Crippen MR) is 75.6 cm³/mol. The maximum atomic E-state index is 12.7. The van der Waals surface area contributed by atoms with Crippen molar-refractivity contribution in [1.29, 1.82) is 0 Å². The smallest absolute Gasteiger partial charge is 0.123 e. The highest BCUT2D eigenvalue weighted by Gasteiger charge is 1.95. The summed E-state index contributed by atoms with van der Waals surface area (Å²) >= 11 is 5.80. The standard InChI is InChI=1S/C14H13ClFN.ClH/c15-13-5-1-11(2-6-13)9-17-10-12-3-7-14(16)8-4-12;/h1-8,17H,9-10H2;1H. The summed E-state index contributed by atoms with van der Waals surface area (Å²) in [6, 6.07) is 14.2. The number of hydrogen-bond acceptors (Lipinski definition) is 1. The third-order valence-electron chi connectivity index (χ3n) is 2.48. The van der Waals surface area contributed by atoms with Gasteiger partial charge in [-0.1, -0.05) is 35.9 Å². The molecule has 0 aromatic heterocycles. The van der Waals surface area contributed by atoms with Crippen molar-refractivity contribution in [3.8, 4) is 0 Å². The first-order valence-electron chi connectivity index (χ1n) is 5.43. The summed E-state index contributed by atoms with van der Waals surface area (Å²) in [5.41, 5.74) is 2.25. The molecule has 2 aromatic rings. The van der Waals surface area contributed by atoms with Gasteiger partial charge < -0.3 is 5.32 Å². The summed E-state index contributed by atoms with van der Waals surface area (Å²) in [6.45, 7) is 1.50. The van der Waals surface area contributed by atoms with Crippen molar-refractivity contribution in [2.24, 2.45) is 0 Å². The van der Waals surface area contributed by atoms with Crippen LogP contribution >= 0.6 is 24.0 Å². The first-order valence-corrected chi connectivity index (χ1v) is 5.81. The van der Waals surface area contributed by atoms with E-state index in [0.29, 0.717) is 0 Å². The van der Waals surface area contributed by atoms with E-state index in [1.165, 1.54) is 17.7 Å².